The number of thioether (sulfide) groups is 1. The van der Waals surface area contributed by atoms with Crippen molar-refractivity contribution in [1.82, 2.24) is 20.1 Å². The zero-order valence-electron chi connectivity index (χ0n) is 18.0. The van der Waals surface area contributed by atoms with Crippen LogP contribution in [0.15, 0.2) is 53.0 Å². The minimum atomic E-state index is 0.0983. The third-order valence-electron chi connectivity index (χ3n) is 5.96. The lowest BCUT2D eigenvalue weighted by molar-refractivity contribution is -0.119. The molecule has 1 saturated carbocycles. The highest BCUT2D eigenvalue weighted by molar-refractivity contribution is 7.99. The van der Waals surface area contributed by atoms with Gasteiger partial charge in [0.25, 0.3) is 0 Å². The Morgan fingerprint density at radius 1 is 1.16 bits per heavy atom. The predicted molar refractivity (Wildman–Crippen MR) is 128 cm³/mol. The van der Waals surface area contributed by atoms with Crippen LogP contribution in [-0.4, -0.2) is 32.5 Å². The molecule has 3 aromatic rings. The van der Waals surface area contributed by atoms with Gasteiger partial charge in [-0.3, -0.25) is 4.79 Å². The summed E-state index contributed by atoms with van der Waals surface area (Å²) in [5.41, 5.74) is 1.29. The third-order valence-corrected chi connectivity index (χ3v) is 7.81. The summed E-state index contributed by atoms with van der Waals surface area (Å²) in [6.07, 6.45) is 6.47. The smallest absolute Gasteiger partial charge is 0.230 e. The first-order valence-electron chi connectivity index (χ1n) is 11.1. The molecule has 31 heavy (non-hydrogen) atoms. The number of rotatable bonds is 9. The van der Waals surface area contributed by atoms with Gasteiger partial charge < -0.3 is 9.88 Å². The van der Waals surface area contributed by atoms with Gasteiger partial charge in [-0.15, -0.1) is 21.5 Å². The fraction of sp³-hybridized carbons (Fsp3) is 0.458. The number of thiophene rings is 1. The van der Waals surface area contributed by atoms with Crippen LogP contribution in [0.25, 0.3) is 0 Å². The van der Waals surface area contributed by atoms with Gasteiger partial charge >= 0.3 is 0 Å². The highest BCUT2D eigenvalue weighted by Crippen LogP contribution is 2.25. The Morgan fingerprint density at radius 3 is 2.77 bits per heavy atom. The molecule has 1 aliphatic carbocycles. The second-order valence-corrected chi connectivity index (χ2v) is 10.2. The van der Waals surface area contributed by atoms with Crippen LogP contribution in [0.3, 0.4) is 0 Å². The van der Waals surface area contributed by atoms with Crippen LogP contribution in [0, 0.1) is 5.92 Å². The van der Waals surface area contributed by atoms with E-state index in [1.54, 1.807) is 11.3 Å². The molecule has 1 N–H and O–H groups in total. The molecule has 2 aromatic heterocycles. The minimum Gasteiger partial charge on any atom is -0.352 e. The first-order valence-corrected chi connectivity index (χ1v) is 13.0. The SMILES string of the molecule is CC1CCCCC1NC(=O)CSc1nnc(Cc2cccs2)n1CCc1ccccc1. The Balaban J connectivity index is 1.41. The average Bonchev–Trinajstić information content (AvgIpc) is 3.43. The summed E-state index contributed by atoms with van der Waals surface area (Å²) >= 11 is 3.23. The summed E-state index contributed by atoms with van der Waals surface area (Å²) in [5, 5.41) is 15.1. The van der Waals surface area contributed by atoms with Gasteiger partial charge in [0.05, 0.1) is 5.75 Å². The molecule has 4 rings (SSSR count). The van der Waals surface area contributed by atoms with E-state index in [1.807, 2.05) is 6.07 Å². The van der Waals surface area contributed by atoms with Crippen LogP contribution in [0.1, 0.15) is 48.9 Å². The quantitative estimate of drug-likeness (QED) is 0.464. The van der Waals surface area contributed by atoms with Crippen LogP contribution in [0.5, 0.6) is 0 Å². The topological polar surface area (TPSA) is 59.8 Å². The molecule has 5 nitrogen and oxygen atoms in total. The van der Waals surface area contributed by atoms with Crippen molar-refractivity contribution in [1.29, 1.82) is 0 Å². The van der Waals surface area contributed by atoms with Gasteiger partial charge in [0.2, 0.25) is 5.91 Å². The average molecular weight is 455 g/mol. The number of aryl methyl sites for hydroxylation is 1. The monoisotopic (exact) mass is 454 g/mol. The van der Waals surface area contributed by atoms with Gasteiger partial charge in [0.1, 0.15) is 5.82 Å². The van der Waals surface area contributed by atoms with Crippen molar-refractivity contribution >= 4 is 29.0 Å². The van der Waals surface area contributed by atoms with E-state index in [1.165, 1.54) is 41.5 Å². The molecule has 0 saturated heterocycles. The number of benzene rings is 1. The van der Waals surface area contributed by atoms with E-state index in [4.69, 9.17) is 0 Å². The summed E-state index contributed by atoms with van der Waals surface area (Å²) in [4.78, 5) is 13.9. The number of nitrogens with one attached hydrogen (secondary N) is 1. The fourth-order valence-electron chi connectivity index (χ4n) is 4.14. The van der Waals surface area contributed by atoms with Crippen molar-refractivity contribution in [3.05, 3.63) is 64.1 Å². The lowest BCUT2D eigenvalue weighted by atomic mass is 9.86. The van der Waals surface area contributed by atoms with Gasteiger partial charge in [0, 0.05) is 23.9 Å². The minimum absolute atomic E-state index is 0.0983. The van der Waals surface area contributed by atoms with Crippen molar-refractivity contribution < 1.29 is 4.79 Å². The van der Waals surface area contributed by atoms with E-state index >= 15 is 0 Å². The highest BCUT2D eigenvalue weighted by Gasteiger charge is 2.23. The molecular formula is C24H30N4OS2. The van der Waals surface area contributed by atoms with E-state index in [0.717, 1.165) is 36.8 Å². The Hall–Kier alpha value is -2.12. The summed E-state index contributed by atoms with van der Waals surface area (Å²) in [7, 11) is 0. The molecule has 1 aliphatic rings. The molecule has 1 aromatic carbocycles. The maximum atomic E-state index is 12.6. The maximum Gasteiger partial charge on any atom is 0.230 e. The molecule has 0 bridgehead atoms. The largest absolute Gasteiger partial charge is 0.352 e. The lowest BCUT2D eigenvalue weighted by Gasteiger charge is -2.29. The van der Waals surface area contributed by atoms with Crippen LogP contribution < -0.4 is 5.32 Å². The first-order chi connectivity index (χ1) is 15.2. The third kappa shape index (κ3) is 6.20. The Kier molecular flexibility index (Phi) is 7.81. The van der Waals surface area contributed by atoms with Crippen LogP contribution in [0.2, 0.25) is 0 Å². The van der Waals surface area contributed by atoms with Crippen LogP contribution in [0.4, 0.5) is 0 Å². The number of aromatic nitrogens is 3. The van der Waals surface area contributed by atoms with Crippen molar-refractivity contribution in [2.45, 2.75) is 63.2 Å². The molecule has 0 spiro atoms. The summed E-state index contributed by atoms with van der Waals surface area (Å²) in [5.74, 6) is 2.00. The normalized spacial score (nSPS) is 18.7. The number of carbonyl (C=O) groups is 1. The number of hydrogen-bond donors (Lipinski definition) is 1. The second-order valence-electron chi connectivity index (χ2n) is 8.27. The maximum absolute atomic E-state index is 12.6. The molecule has 7 heteroatoms. The number of amides is 1. The van der Waals surface area contributed by atoms with E-state index < -0.39 is 0 Å². The van der Waals surface area contributed by atoms with E-state index in [-0.39, 0.29) is 5.91 Å². The molecule has 1 fully saturated rings. The van der Waals surface area contributed by atoms with Crippen LogP contribution >= 0.6 is 23.1 Å². The second kappa shape index (κ2) is 11.0. The predicted octanol–water partition coefficient (Wildman–Crippen LogP) is 4.96. The van der Waals surface area contributed by atoms with Gasteiger partial charge in [-0.25, -0.2) is 0 Å². The van der Waals surface area contributed by atoms with Gasteiger partial charge in [0.15, 0.2) is 5.16 Å². The zero-order chi connectivity index (χ0) is 21.5. The fourth-order valence-corrected chi connectivity index (χ4v) is 5.64. The van der Waals surface area contributed by atoms with Gasteiger partial charge in [-0.2, -0.15) is 0 Å². The molecule has 2 heterocycles. The molecule has 0 aliphatic heterocycles. The van der Waals surface area contributed by atoms with E-state index in [0.29, 0.717) is 17.7 Å². The Labute approximate surface area is 192 Å². The van der Waals surface area contributed by atoms with Gasteiger partial charge in [-0.1, -0.05) is 67.9 Å². The van der Waals surface area contributed by atoms with Crippen LogP contribution in [-0.2, 0) is 24.2 Å². The molecular weight excluding hydrogens is 424 g/mol. The Morgan fingerprint density at radius 2 is 2.00 bits per heavy atom. The van der Waals surface area contributed by atoms with Crippen molar-refractivity contribution in [2.75, 3.05) is 5.75 Å². The number of hydrogen-bond acceptors (Lipinski definition) is 5. The van der Waals surface area contributed by atoms with Gasteiger partial charge in [-0.05, 0) is 42.2 Å². The standard InChI is InChI=1S/C24H30N4OS2/c1-18-8-5-6-12-21(18)25-23(29)17-31-24-27-26-22(16-20-11-7-15-30-20)28(24)14-13-19-9-3-2-4-10-19/h2-4,7,9-11,15,18,21H,5-6,8,12-14,16-17H2,1H3,(H,25,29). The van der Waals surface area contributed by atoms with Crippen molar-refractivity contribution in [2.24, 2.45) is 5.92 Å². The number of carbonyl (C=O) groups excluding carboxylic acids is 1. The lowest BCUT2D eigenvalue weighted by Crippen LogP contribution is -2.41. The summed E-state index contributed by atoms with van der Waals surface area (Å²) in [6, 6.07) is 15.0. The molecule has 2 atom stereocenters. The molecule has 1 amide bonds. The van der Waals surface area contributed by atoms with E-state index in [9.17, 15) is 4.79 Å². The van der Waals surface area contributed by atoms with Crippen molar-refractivity contribution in [3.63, 3.8) is 0 Å². The molecule has 0 radical (unpaired) electrons. The molecule has 164 valence electrons. The number of nitrogens with zero attached hydrogens (tertiary/aromatic N) is 3. The molecule has 2 unspecified atom stereocenters. The first kappa shape index (κ1) is 22.1. The zero-order valence-corrected chi connectivity index (χ0v) is 19.6. The Bertz CT molecular complexity index is 955. The highest BCUT2D eigenvalue weighted by atomic mass is 32.2. The van der Waals surface area contributed by atoms with E-state index in [2.05, 4.69) is 68.8 Å². The summed E-state index contributed by atoms with van der Waals surface area (Å²) in [6.45, 7) is 3.05. The van der Waals surface area contributed by atoms with Crippen molar-refractivity contribution in [3.8, 4) is 0 Å². The summed E-state index contributed by atoms with van der Waals surface area (Å²) < 4.78 is 2.19.